The van der Waals surface area contributed by atoms with Crippen LogP contribution in [0.15, 0.2) is 48.9 Å². The Bertz CT molecular complexity index is 949. The lowest BCUT2D eigenvalue weighted by atomic mass is 10.2. The number of carboxylic acids is 1. The van der Waals surface area contributed by atoms with Crippen molar-refractivity contribution in [2.24, 2.45) is 0 Å². The van der Waals surface area contributed by atoms with Crippen molar-refractivity contribution in [3.05, 3.63) is 65.9 Å². The van der Waals surface area contributed by atoms with Crippen molar-refractivity contribution >= 4 is 17.7 Å². The van der Waals surface area contributed by atoms with Gasteiger partial charge < -0.3 is 10.4 Å². The van der Waals surface area contributed by atoms with Crippen molar-refractivity contribution in [1.29, 1.82) is 0 Å². The van der Waals surface area contributed by atoms with E-state index in [2.05, 4.69) is 15.5 Å². The van der Waals surface area contributed by atoms with Gasteiger partial charge in [-0.2, -0.15) is 10.2 Å². The number of anilines is 1. The molecule has 0 fully saturated rings. The zero-order valence-electron chi connectivity index (χ0n) is 13.8. The molecule has 0 aliphatic heterocycles. The van der Waals surface area contributed by atoms with E-state index in [-0.39, 0.29) is 17.9 Å². The summed E-state index contributed by atoms with van der Waals surface area (Å²) in [7, 11) is 0. The van der Waals surface area contributed by atoms with E-state index in [4.69, 9.17) is 5.11 Å². The van der Waals surface area contributed by atoms with Gasteiger partial charge in [0.05, 0.1) is 18.3 Å². The fourth-order valence-corrected chi connectivity index (χ4v) is 2.29. The molecule has 0 bridgehead atoms. The minimum Gasteiger partial charge on any atom is -0.480 e. The molecule has 2 heterocycles. The van der Waals surface area contributed by atoms with Crippen LogP contribution in [0.1, 0.15) is 28.9 Å². The van der Waals surface area contributed by atoms with Gasteiger partial charge in [-0.3, -0.25) is 14.2 Å². The number of hydrogen-bond acceptors (Lipinski definition) is 4. The standard InChI is InChI=1S/C17H16FN5O3/c1-11(17(25)26)23-10-13(8-19-23)16(24)20-15-6-7-22(21-15)9-12-4-2-3-5-14(12)18/h2-8,10-11H,9H2,1H3,(H,25,26)(H,20,21,24). The largest absolute Gasteiger partial charge is 0.480 e. The van der Waals surface area contributed by atoms with E-state index in [1.807, 2.05) is 0 Å². The molecule has 26 heavy (non-hydrogen) atoms. The number of amides is 1. The lowest BCUT2D eigenvalue weighted by molar-refractivity contribution is -0.140. The molecule has 1 unspecified atom stereocenters. The Morgan fingerprint density at radius 2 is 2.08 bits per heavy atom. The van der Waals surface area contributed by atoms with Crippen LogP contribution < -0.4 is 5.32 Å². The zero-order chi connectivity index (χ0) is 18.7. The third-order valence-electron chi connectivity index (χ3n) is 3.79. The molecule has 8 nitrogen and oxygen atoms in total. The smallest absolute Gasteiger partial charge is 0.328 e. The summed E-state index contributed by atoms with van der Waals surface area (Å²) in [6.07, 6.45) is 4.26. The number of aromatic nitrogens is 4. The third-order valence-corrected chi connectivity index (χ3v) is 3.79. The number of rotatable bonds is 6. The summed E-state index contributed by atoms with van der Waals surface area (Å²) in [5.41, 5.74) is 0.694. The number of hydrogen-bond donors (Lipinski definition) is 2. The van der Waals surface area contributed by atoms with Crippen LogP contribution in [0.25, 0.3) is 0 Å². The summed E-state index contributed by atoms with van der Waals surface area (Å²) < 4.78 is 16.4. The predicted molar refractivity (Wildman–Crippen MR) is 90.3 cm³/mol. The van der Waals surface area contributed by atoms with E-state index < -0.39 is 17.9 Å². The van der Waals surface area contributed by atoms with Gasteiger partial charge in [0.1, 0.15) is 11.9 Å². The Kier molecular flexibility index (Phi) is 4.78. The van der Waals surface area contributed by atoms with Crippen LogP contribution in [0.4, 0.5) is 10.2 Å². The quantitative estimate of drug-likeness (QED) is 0.704. The minimum atomic E-state index is -1.05. The van der Waals surface area contributed by atoms with Gasteiger partial charge in [-0.05, 0) is 13.0 Å². The second-order valence-electron chi connectivity index (χ2n) is 5.67. The summed E-state index contributed by atoms with van der Waals surface area (Å²) in [6, 6.07) is 7.09. The topological polar surface area (TPSA) is 102 Å². The molecule has 134 valence electrons. The molecule has 0 saturated carbocycles. The summed E-state index contributed by atoms with van der Waals surface area (Å²) in [6.45, 7) is 1.69. The van der Waals surface area contributed by atoms with Gasteiger partial charge in [0.15, 0.2) is 5.82 Å². The number of carbonyl (C=O) groups is 2. The molecule has 2 aromatic heterocycles. The number of aliphatic carboxylic acids is 1. The highest BCUT2D eigenvalue weighted by Crippen LogP contribution is 2.12. The van der Waals surface area contributed by atoms with Crippen molar-refractivity contribution in [2.45, 2.75) is 19.5 Å². The molecule has 9 heteroatoms. The zero-order valence-corrected chi connectivity index (χ0v) is 13.8. The van der Waals surface area contributed by atoms with E-state index in [1.54, 1.807) is 30.5 Å². The van der Waals surface area contributed by atoms with Gasteiger partial charge in [0.25, 0.3) is 5.91 Å². The molecule has 1 aromatic carbocycles. The Morgan fingerprint density at radius 3 is 2.81 bits per heavy atom. The van der Waals surface area contributed by atoms with Crippen LogP contribution >= 0.6 is 0 Å². The monoisotopic (exact) mass is 357 g/mol. The maximum atomic E-state index is 13.7. The highest BCUT2D eigenvalue weighted by Gasteiger charge is 2.17. The number of carbonyl (C=O) groups excluding carboxylic acids is 1. The van der Waals surface area contributed by atoms with Crippen molar-refractivity contribution in [3.63, 3.8) is 0 Å². The molecule has 3 aromatic rings. The van der Waals surface area contributed by atoms with Gasteiger partial charge in [0.2, 0.25) is 0 Å². The molecule has 2 N–H and O–H groups in total. The van der Waals surface area contributed by atoms with E-state index in [1.165, 1.54) is 34.7 Å². The van der Waals surface area contributed by atoms with Crippen molar-refractivity contribution < 1.29 is 19.1 Å². The Morgan fingerprint density at radius 1 is 1.31 bits per heavy atom. The van der Waals surface area contributed by atoms with Crippen molar-refractivity contribution in [3.8, 4) is 0 Å². The molecule has 3 rings (SSSR count). The first-order valence-corrected chi connectivity index (χ1v) is 7.79. The average molecular weight is 357 g/mol. The van der Waals surface area contributed by atoms with Gasteiger partial charge in [0, 0.05) is 24.0 Å². The van der Waals surface area contributed by atoms with Crippen LogP contribution in [0.2, 0.25) is 0 Å². The Balaban J connectivity index is 1.66. The molecular weight excluding hydrogens is 341 g/mol. The molecule has 0 spiro atoms. The van der Waals surface area contributed by atoms with Crippen LogP contribution in [0.5, 0.6) is 0 Å². The molecule has 0 aliphatic carbocycles. The van der Waals surface area contributed by atoms with Crippen LogP contribution in [0, 0.1) is 5.82 Å². The van der Waals surface area contributed by atoms with Crippen LogP contribution in [-0.2, 0) is 11.3 Å². The first-order chi connectivity index (χ1) is 12.4. The second-order valence-corrected chi connectivity index (χ2v) is 5.67. The van der Waals surface area contributed by atoms with E-state index in [9.17, 15) is 14.0 Å². The van der Waals surface area contributed by atoms with Crippen LogP contribution in [-0.4, -0.2) is 36.5 Å². The maximum absolute atomic E-state index is 13.7. The molecule has 0 aliphatic rings. The lowest BCUT2D eigenvalue weighted by Crippen LogP contribution is -2.16. The number of carboxylic acid groups (broad SMARTS) is 1. The summed E-state index contributed by atoms with van der Waals surface area (Å²) >= 11 is 0. The molecule has 0 radical (unpaired) electrons. The number of benzene rings is 1. The van der Waals surface area contributed by atoms with Crippen LogP contribution in [0.3, 0.4) is 0 Å². The lowest BCUT2D eigenvalue weighted by Gasteiger charge is -2.05. The van der Waals surface area contributed by atoms with Crippen molar-refractivity contribution in [1.82, 2.24) is 19.6 Å². The van der Waals surface area contributed by atoms with E-state index >= 15 is 0 Å². The second kappa shape index (κ2) is 7.18. The normalized spacial score (nSPS) is 11.9. The van der Waals surface area contributed by atoms with E-state index in [0.29, 0.717) is 11.4 Å². The van der Waals surface area contributed by atoms with E-state index in [0.717, 1.165) is 0 Å². The third kappa shape index (κ3) is 3.77. The Labute approximate surface area is 147 Å². The molecule has 0 saturated heterocycles. The highest BCUT2D eigenvalue weighted by molar-refractivity contribution is 6.03. The predicted octanol–water partition coefficient (Wildman–Crippen LogP) is 2.16. The number of nitrogens with zero attached hydrogens (tertiary/aromatic N) is 4. The highest BCUT2D eigenvalue weighted by atomic mass is 19.1. The molecule has 1 atom stereocenters. The maximum Gasteiger partial charge on any atom is 0.328 e. The first kappa shape index (κ1) is 17.3. The van der Waals surface area contributed by atoms with Gasteiger partial charge in [-0.1, -0.05) is 18.2 Å². The number of halogens is 1. The van der Waals surface area contributed by atoms with Gasteiger partial charge >= 0.3 is 5.97 Å². The fourth-order valence-electron chi connectivity index (χ4n) is 2.29. The molecular formula is C17H16FN5O3. The summed E-state index contributed by atoms with van der Waals surface area (Å²) in [5.74, 6) is -1.55. The average Bonchev–Trinajstić information content (AvgIpc) is 3.26. The summed E-state index contributed by atoms with van der Waals surface area (Å²) in [5, 5.41) is 19.6. The minimum absolute atomic E-state index is 0.210. The summed E-state index contributed by atoms with van der Waals surface area (Å²) in [4.78, 5) is 23.2. The van der Waals surface area contributed by atoms with Gasteiger partial charge in [-0.15, -0.1) is 0 Å². The SMILES string of the molecule is CC(C(=O)O)n1cc(C(=O)Nc2ccn(Cc3ccccc3F)n2)cn1. The van der Waals surface area contributed by atoms with Crippen molar-refractivity contribution in [2.75, 3.05) is 5.32 Å². The fraction of sp³-hybridized carbons (Fsp3) is 0.176. The number of nitrogens with one attached hydrogen (secondary N) is 1. The first-order valence-electron chi connectivity index (χ1n) is 7.79. The molecule has 1 amide bonds. The van der Waals surface area contributed by atoms with Gasteiger partial charge in [-0.25, -0.2) is 9.18 Å². The Hall–Kier alpha value is -3.49.